The van der Waals surface area contributed by atoms with Gasteiger partial charge in [-0.2, -0.15) is 0 Å². The molecule has 0 saturated heterocycles. The number of Topliss-reactive ketones (excluding diaryl/α,β-unsaturated/α-hetero) is 1. The minimum absolute atomic E-state index is 0.198. The number of nitrogens with zero attached hydrogens (tertiary/aromatic N) is 1. The zero-order valence-electron chi connectivity index (χ0n) is 21.0. The normalized spacial score (nSPS) is 19.9. The summed E-state index contributed by atoms with van der Waals surface area (Å²) in [6.45, 7) is 6.65. The van der Waals surface area contributed by atoms with E-state index in [4.69, 9.17) is 0 Å². The molecule has 0 aliphatic heterocycles. The molecule has 3 aromatic rings. The second kappa shape index (κ2) is 11.2. The number of phenolic OH excluding ortho intramolecular Hbond substituents is 1. The van der Waals surface area contributed by atoms with Gasteiger partial charge in [-0.1, -0.05) is 64.7 Å². The van der Waals surface area contributed by atoms with E-state index >= 15 is 0 Å². The number of H-pyrrole nitrogens is 1. The molecule has 0 radical (unpaired) electrons. The Balaban J connectivity index is 1.37. The average molecular weight is 461 g/mol. The van der Waals surface area contributed by atoms with E-state index in [1.807, 2.05) is 30.3 Å². The molecule has 1 aromatic heterocycles. The van der Waals surface area contributed by atoms with Gasteiger partial charge in [-0.3, -0.25) is 4.79 Å². The largest absolute Gasteiger partial charge is 0.507 e. The lowest BCUT2D eigenvalue weighted by Gasteiger charge is -2.19. The van der Waals surface area contributed by atoms with Gasteiger partial charge in [-0.25, -0.2) is 4.98 Å². The number of ketones is 1. The van der Waals surface area contributed by atoms with Crippen LogP contribution in [0.15, 0.2) is 42.5 Å². The van der Waals surface area contributed by atoms with Crippen LogP contribution in [-0.4, -0.2) is 20.9 Å². The fraction of sp³-hybridized carbons (Fsp3) is 0.533. The van der Waals surface area contributed by atoms with Gasteiger partial charge in [0.1, 0.15) is 17.4 Å². The standard InChI is InChI=1S/C30H40N2O2/c1-20(2)8-6-9-21(3)29(34)24-11-7-10-22(14-16-24)18-23-15-17-28(33)25(19-23)30-31-26-12-4-5-13-27(26)32-30/h4-5,12-13,15,17,19-22,24,33H,6-11,14,16,18H2,1-3H3,(H,31,32). The molecule has 3 atom stereocenters. The summed E-state index contributed by atoms with van der Waals surface area (Å²) in [5, 5.41) is 10.5. The highest BCUT2D eigenvalue weighted by molar-refractivity contribution is 5.83. The molecule has 0 spiro atoms. The third-order valence-electron chi connectivity index (χ3n) is 7.62. The first-order valence-electron chi connectivity index (χ1n) is 13.2. The quantitative estimate of drug-likeness (QED) is 0.321. The molecule has 34 heavy (non-hydrogen) atoms. The first-order valence-corrected chi connectivity index (χ1v) is 13.2. The number of imidazole rings is 1. The van der Waals surface area contributed by atoms with Gasteiger partial charge in [-0.15, -0.1) is 0 Å². The van der Waals surface area contributed by atoms with E-state index in [1.54, 1.807) is 6.07 Å². The molecule has 1 aliphatic carbocycles. The lowest BCUT2D eigenvalue weighted by molar-refractivity contribution is -0.127. The van der Waals surface area contributed by atoms with Crippen LogP contribution in [0.3, 0.4) is 0 Å². The number of hydrogen-bond acceptors (Lipinski definition) is 3. The fourth-order valence-electron chi connectivity index (χ4n) is 5.56. The van der Waals surface area contributed by atoms with E-state index in [0.29, 0.717) is 23.4 Å². The number of fused-ring (bicyclic) bond motifs is 1. The highest BCUT2D eigenvalue weighted by Gasteiger charge is 2.27. The molecule has 1 aliphatic rings. The molecule has 2 N–H and O–H groups in total. The number of benzene rings is 2. The molecule has 2 aromatic carbocycles. The molecule has 0 bridgehead atoms. The predicted octanol–water partition coefficient (Wildman–Crippen LogP) is 7.71. The van der Waals surface area contributed by atoms with Crippen LogP contribution < -0.4 is 0 Å². The monoisotopic (exact) mass is 460 g/mol. The third-order valence-corrected chi connectivity index (χ3v) is 7.62. The Hall–Kier alpha value is -2.62. The molecule has 1 fully saturated rings. The van der Waals surface area contributed by atoms with Crippen LogP contribution in [0.25, 0.3) is 22.4 Å². The minimum Gasteiger partial charge on any atom is -0.507 e. The molecule has 4 rings (SSSR count). The van der Waals surface area contributed by atoms with Crippen LogP contribution in [-0.2, 0) is 11.2 Å². The Labute approximate surface area is 204 Å². The summed E-state index contributed by atoms with van der Waals surface area (Å²) >= 11 is 0. The first-order chi connectivity index (χ1) is 16.4. The zero-order chi connectivity index (χ0) is 24.1. The second-order valence-electron chi connectivity index (χ2n) is 10.9. The average Bonchev–Trinajstić information content (AvgIpc) is 3.12. The Morgan fingerprint density at radius 2 is 1.88 bits per heavy atom. The Bertz CT molecular complexity index is 1070. The van der Waals surface area contributed by atoms with Crippen molar-refractivity contribution in [2.24, 2.45) is 23.7 Å². The van der Waals surface area contributed by atoms with E-state index in [1.165, 1.54) is 18.4 Å². The molecule has 4 nitrogen and oxygen atoms in total. The smallest absolute Gasteiger partial charge is 0.142 e. The number of aromatic amines is 1. The molecule has 0 amide bonds. The summed E-state index contributed by atoms with van der Waals surface area (Å²) in [5.74, 6) is 3.20. The summed E-state index contributed by atoms with van der Waals surface area (Å²) in [6.07, 6.45) is 9.88. The van der Waals surface area contributed by atoms with E-state index < -0.39 is 0 Å². The molecule has 4 heteroatoms. The van der Waals surface area contributed by atoms with Gasteiger partial charge in [0.05, 0.1) is 16.6 Å². The number of nitrogens with one attached hydrogen (secondary N) is 1. The molecule has 182 valence electrons. The van der Waals surface area contributed by atoms with Gasteiger partial charge in [0, 0.05) is 11.8 Å². The maximum atomic E-state index is 13.1. The number of carbonyl (C=O) groups is 1. The van der Waals surface area contributed by atoms with Crippen molar-refractivity contribution in [3.63, 3.8) is 0 Å². The van der Waals surface area contributed by atoms with Crippen molar-refractivity contribution in [2.75, 3.05) is 0 Å². The lowest BCUT2D eigenvalue weighted by Crippen LogP contribution is -2.21. The molecular weight excluding hydrogens is 420 g/mol. The van der Waals surface area contributed by atoms with Crippen LogP contribution >= 0.6 is 0 Å². The Morgan fingerprint density at radius 3 is 2.68 bits per heavy atom. The number of hydrogen-bond donors (Lipinski definition) is 2. The highest BCUT2D eigenvalue weighted by atomic mass is 16.3. The number of para-hydroxylation sites is 2. The van der Waals surface area contributed by atoms with Gasteiger partial charge in [0.15, 0.2) is 0 Å². The van der Waals surface area contributed by atoms with Crippen molar-refractivity contribution in [3.8, 4) is 17.1 Å². The van der Waals surface area contributed by atoms with Crippen molar-refractivity contribution in [3.05, 3.63) is 48.0 Å². The zero-order valence-corrected chi connectivity index (χ0v) is 21.0. The minimum atomic E-state index is 0.198. The van der Waals surface area contributed by atoms with Gasteiger partial charge < -0.3 is 10.1 Å². The van der Waals surface area contributed by atoms with Crippen LogP contribution in [0, 0.1) is 23.7 Å². The summed E-state index contributed by atoms with van der Waals surface area (Å²) < 4.78 is 0. The Kier molecular flexibility index (Phi) is 8.07. The molecule has 1 heterocycles. The summed E-state index contributed by atoms with van der Waals surface area (Å²) in [6, 6.07) is 13.8. The topological polar surface area (TPSA) is 66.0 Å². The highest BCUT2D eigenvalue weighted by Crippen LogP contribution is 2.34. The number of rotatable bonds is 9. The van der Waals surface area contributed by atoms with Gasteiger partial charge >= 0.3 is 0 Å². The third kappa shape index (κ3) is 6.08. The number of aromatic nitrogens is 2. The fourth-order valence-corrected chi connectivity index (χ4v) is 5.56. The number of aromatic hydroxyl groups is 1. The van der Waals surface area contributed by atoms with Crippen molar-refractivity contribution in [2.45, 2.75) is 78.6 Å². The summed E-state index contributed by atoms with van der Waals surface area (Å²) in [5.41, 5.74) is 3.86. The van der Waals surface area contributed by atoms with Crippen molar-refractivity contribution in [1.29, 1.82) is 0 Å². The molecule has 3 unspecified atom stereocenters. The van der Waals surface area contributed by atoms with E-state index in [9.17, 15) is 9.90 Å². The maximum Gasteiger partial charge on any atom is 0.142 e. The number of phenols is 1. The summed E-state index contributed by atoms with van der Waals surface area (Å²) in [7, 11) is 0. The van der Waals surface area contributed by atoms with Crippen LogP contribution in [0.2, 0.25) is 0 Å². The SMILES string of the molecule is CC(C)CCCC(C)C(=O)C1CCCC(Cc2ccc(O)c(-c3nc4ccccc4[nH]3)c2)CC1. The molecule has 1 saturated carbocycles. The first kappa shape index (κ1) is 24.5. The van der Waals surface area contributed by atoms with E-state index in [2.05, 4.69) is 36.8 Å². The number of carbonyl (C=O) groups excluding carboxylic acids is 1. The maximum absolute atomic E-state index is 13.1. The van der Waals surface area contributed by atoms with Crippen LogP contribution in [0.4, 0.5) is 0 Å². The van der Waals surface area contributed by atoms with Crippen molar-refractivity contribution < 1.29 is 9.90 Å². The van der Waals surface area contributed by atoms with Gasteiger partial charge in [0.25, 0.3) is 0 Å². The van der Waals surface area contributed by atoms with Crippen molar-refractivity contribution in [1.82, 2.24) is 9.97 Å². The van der Waals surface area contributed by atoms with E-state index in [0.717, 1.165) is 61.5 Å². The lowest BCUT2D eigenvalue weighted by atomic mass is 9.85. The van der Waals surface area contributed by atoms with Gasteiger partial charge in [-0.05, 0) is 73.8 Å². The van der Waals surface area contributed by atoms with Gasteiger partial charge in [0.2, 0.25) is 0 Å². The van der Waals surface area contributed by atoms with Crippen molar-refractivity contribution >= 4 is 16.8 Å². The van der Waals surface area contributed by atoms with Crippen LogP contribution in [0.5, 0.6) is 5.75 Å². The van der Waals surface area contributed by atoms with E-state index in [-0.39, 0.29) is 17.6 Å². The van der Waals surface area contributed by atoms with Crippen LogP contribution in [0.1, 0.15) is 77.7 Å². The predicted molar refractivity (Wildman–Crippen MR) is 140 cm³/mol. The Morgan fingerprint density at radius 1 is 1.06 bits per heavy atom. The summed E-state index contributed by atoms with van der Waals surface area (Å²) in [4.78, 5) is 21.1. The molecular formula is C30H40N2O2. The second-order valence-corrected chi connectivity index (χ2v) is 10.9.